The molecule has 0 saturated carbocycles. The van der Waals surface area contributed by atoms with Gasteiger partial charge in [0.15, 0.2) is 11.5 Å². The van der Waals surface area contributed by atoms with Crippen LogP contribution in [0.15, 0.2) is 46.4 Å². The third-order valence-electron chi connectivity index (χ3n) is 3.89. The average molecular weight is 466 g/mol. The van der Waals surface area contributed by atoms with Crippen LogP contribution in [0, 0.1) is 0 Å². The average Bonchev–Trinajstić information content (AvgIpc) is 2.92. The Morgan fingerprint density at radius 2 is 1.86 bits per heavy atom. The fourth-order valence-corrected chi connectivity index (χ4v) is 3.20. The monoisotopic (exact) mass is 464 g/mol. The largest absolute Gasteiger partial charge is 0.493 e. The Labute approximate surface area is 176 Å². The number of methoxy groups -OCH3 is 1. The van der Waals surface area contributed by atoms with Gasteiger partial charge in [0.1, 0.15) is 5.57 Å². The van der Waals surface area contributed by atoms with Crippen LogP contribution in [0.1, 0.15) is 19.4 Å². The predicted molar refractivity (Wildman–Crippen MR) is 112 cm³/mol. The van der Waals surface area contributed by atoms with Crippen LogP contribution in [-0.4, -0.2) is 25.0 Å². The van der Waals surface area contributed by atoms with E-state index in [2.05, 4.69) is 21.4 Å². The summed E-state index contributed by atoms with van der Waals surface area (Å²) in [7, 11) is 1.50. The van der Waals surface area contributed by atoms with Crippen molar-refractivity contribution in [3.8, 4) is 11.5 Å². The number of halogens is 2. The highest BCUT2D eigenvalue weighted by atomic mass is 79.9. The van der Waals surface area contributed by atoms with Gasteiger partial charge < -0.3 is 9.47 Å². The molecule has 0 aromatic heterocycles. The number of hydrazine groups is 1. The number of benzene rings is 2. The molecule has 0 unspecified atom stereocenters. The second-order valence-corrected chi connectivity index (χ2v) is 7.64. The highest BCUT2D eigenvalue weighted by Gasteiger charge is 2.34. The quantitative estimate of drug-likeness (QED) is 0.526. The second kappa shape index (κ2) is 8.24. The van der Waals surface area contributed by atoms with Crippen molar-refractivity contribution in [3.05, 3.63) is 57.0 Å². The predicted octanol–water partition coefficient (Wildman–Crippen LogP) is 4.36. The number of amides is 2. The Bertz CT molecular complexity index is 957. The number of carbonyl (C=O) groups is 2. The Hall–Kier alpha value is -2.51. The molecule has 28 heavy (non-hydrogen) atoms. The molecular weight excluding hydrogens is 448 g/mol. The van der Waals surface area contributed by atoms with Crippen molar-refractivity contribution in [2.45, 2.75) is 20.0 Å². The Balaban J connectivity index is 1.94. The van der Waals surface area contributed by atoms with Crippen molar-refractivity contribution >= 4 is 51.1 Å². The highest BCUT2D eigenvalue weighted by molar-refractivity contribution is 9.10. The highest BCUT2D eigenvalue weighted by Crippen LogP contribution is 2.38. The molecule has 0 bridgehead atoms. The molecule has 0 radical (unpaired) electrons. The van der Waals surface area contributed by atoms with Gasteiger partial charge in [-0.15, -0.1) is 0 Å². The number of rotatable bonds is 5. The van der Waals surface area contributed by atoms with E-state index < -0.39 is 11.8 Å². The molecule has 6 nitrogen and oxygen atoms in total. The summed E-state index contributed by atoms with van der Waals surface area (Å²) in [6, 6.07) is 10.3. The fraction of sp³-hybridized carbons (Fsp3) is 0.200. The van der Waals surface area contributed by atoms with E-state index in [0.717, 1.165) is 4.47 Å². The second-order valence-electron chi connectivity index (χ2n) is 6.32. The van der Waals surface area contributed by atoms with Crippen molar-refractivity contribution in [1.82, 2.24) is 5.43 Å². The summed E-state index contributed by atoms with van der Waals surface area (Å²) < 4.78 is 11.9. The van der Waals surface area contributed by atoms with Gasteiger partial charge in [0.25, 0.3) is 11.8 Å². The minimum absolute atomic E-state index is 0.00133. The molecule has 1 aliphatic heterocycles. The summed E-state index contributed by atoms with van der Waals surface area (Å²) in [4.78, 5) is 25.1. The molecule has 2 amide bonds. The van der Waals surface area contributed by atoms with Crippen molar-refractivity contribution < 1.29 is 19.1 Å². The van der Waals surface area contributed by atoms with Gasteiger partial charge in [0.05, 0.1) is 23.9 Å². The lowest BCUT2D eigenvalue weighted by atomic mass is 10.1. The molecule has 1 aliphatic rings. The van der Waals surface area contributed by atoms with E-state index >= 15 is 0 Å². The molecule has 0 spiro atoms. The molecule has 1 N–H and O–H groups in total. The topological polar surface area (TPSA) is 67.9 Å². The summed E-state index contributed by atoms with van der Waals surface area (Å²) in [5, 5.41) is 1.53. The first-order valence-electron chi connectivity index (χ1n) is 8.47. The minimum atomic E-state index is -0.495. The molecule has 2 aromatic rings. The zero-order valence-corrected chi connectivity index (χ0v) is 17.8. The van der Waals surface area contributed by atoms with Gasteiger partial charge in [-0.3, -0.25) is 15.0 Å². The van der Waals surface area contributed by atoms with Crippen molar-refractivity contribution in [1.29, 1.82) is 0 Å². The third kappa shape index (κ3) is 4.15. The molecule has 1 heterocycles. The van der Waals surface area contributed by atoms with E-state index in [-0.39, 0.29) is 11.7 Å². The number of hydrogen-bond donors (Lipinski definition) is 1. The molecule has 146 valence electrons. The van der Waals surface area contributed by atoms with Crippen LogP contribution in [0.2, 0.25) is 5.02 Å². The number of carbonyl (C=O) groups excluding carboxylic acids is 2. The van der Waals surface area contributed by atoms with Gasteiger partial charge >= 0.3 is 0 Å². The number of anilines is 1. The van der Waals surface area contributed by atoms with Gasteiger partial charge in [-0.2, -0.15) is 0 Å². The first-order valence-corrected chi connectivity index (χ1v) is 9.64. The van der Waals surface area contributed by atoms with Gasteiger partial charge in [-0.05, 0) is 61.9 Å². The standard InChI is InChI=1S/C20H18BrClN2O4/c1-11(2)28-18-16(22)9-12(10-17(18)27-3)8-15-19(25)23-24(20(15)26)14-6-4-13(21)5-7-14/h4-11H,1-3H3,(H,23,25)/b15-8-. The number of hydrogen-bond acceptors (Lipinski definition) is 4. The molecule has 3 rings (SSSR count). The van der Waals surface area contributed by atoms with E-state index in [1.165, 1.54) is 18.2 Å². The fourth-order valence-electron chi connectivity index (χ4n) is 2.67. The third-order valence-corrected chi connectivity index (χ3v) is 4.70. The van der Waals surface area contributed by atoms with E-state index in [1.807, 2.05) is 13.8 Å². The van der Waals surface area contributed by atoms with Crippen molar-refractivity contribution in [3.63, 3.8) is 0 Å². The first-order chi connectivity index (χ1) is 13.3. The van der Waals surface area contributed by atoms with Crippen LogP contribution in [0.3, 0.4) is 0 Å². The van der Waals surface area contributed by atoms with Crippen LogP contribution in [0.25, 0.3) is 6.08 Å². The summed E-state index contributed by atoms with van der Waals surface area (Å²) in [6.45, 7) is 3.76. The van der Waals surface area contributed by atoms with Gasteiger partial charge in [-0.1, -0.05) is 27.5 Å². The van der Waals surface area contributed by atoms with Crippen LogP contribution in [0.5, 0.6) is 11.5 Å². The molecule has 0 aliphatic carbocycles. The van der Waals surface area contributed by atoms with Crippen LogP contribution >= 0.6 is 27.5 Å². The Morgan fingerprint density at radius 1 is 1.18 bits per heavy atom. The normalized spacial score (nSPS) is 15.4. The molecule has 0 atom stereocenters. The van der Waals surface area contributed by atoms with Gasteiger partial charge in [-0.25, -0.2) is 5.01 Å². The summed E-state index contributed by atoms with van der Waals surface area (Å²) in [5.74, 6) is -0.112. The first kappa shape index (κ1) is 20.2. The van der Waals surface area contributed by atoms with Gasteiger partial charge in [0, 0.05) is 4.47 Å². The molecule has 1 saturated heterocycles. The minimum Gasteiger partial charge on any atom is -0.493 e. The molecular formula is C20H18BrClN2O4. The Kier molecular flexibility index (Phi) is 5.96. The van der Waals surface area contributed by atoms with Crippen LogP contribution in [-0.2, 0) is 9.59 Å². The smallest absolute Gasteiger partial charge is 0.282 e. The lowest BCUT2D eigenvalue weighted by Crippen LogP contribution is -2.35. The number of nitrogens with one attached hydrogen (secondary N) is 1. The zero-order valence-electron chi connectivity index (χ0n) is 15.5. The van der Waals surface area contributed by atoms with E-state index in [4.69, 9.17) is 21.1 Å². The van der Waals surface area contributed by atoms with E-state index in [0.29, 0.717) is 27.8 Å². The van der Waals surface area contributed by atoms with Crippen molar-refractivity contribution in [2.75, 3.05) is 12.1 Å². The van der Waals surface area contributed by atoms with E-state index in [9.17, 15) is 9.59 Å². The Morgan fingerprint density at radius 3 is 2.46 bits per heavy atom. The number of nitrogens with zero attached hydrogens (tertiary/aromatic N) is 1. The zero-order chi connectivity index (χ0) is 20.4. The lowest BCUT2D eigenvalue weighted by Gasteiger charge is -2.15. The SMILES string of the molecule is COc1cc(/C=C2/C(=O)NN(c3ccc(Br)cc3)C2=O)cc(Cl)c1OC(C)C. The summed E-state index contributed by atoms with van der Waals surface area (Å²) in [5.41, 5.74) is 3.67. The maximum atomic E-state index is 12.7. The maximum Gasteiger partial charge on any atom is 0.282 e. The number of ether oxygens (including phenoxy) is 2. The van der Waals surface area contributed by atoms with Gasteiger partial charge in [0.2, 0.25) is 0 Å². The van der Waals surface area contributed by atoms with Crippen LogP contribution in [0.4, 0.5) is 5.69 Å². The van der Waals surface area contributed by atoms with Crippen molar-refractivity contribution in [2.24, 2.45) is 0 Å². The lowest BCUT2D eigenvalue weighted by molar-refractivity contribution is -0.117. The van der Waals surface area contributed by atoms with E-state index in [1.54, 1.807) is 36.4 Å². The summed E-state index contributed by atoms with van der Waals surface area (Å²) in [6.07, 6.45) is 1.39. The molecule has 2 aromatic carbocycles. The van der Waals surface area contributed by atoms with Crippen LogP contribution < -0.4 is 19.9 Å². The summed E-state index contributed by atoms with van der Waals surface area (Å²) >= 11 is 9.66. The molecule has 1 fully saturated rings. The maximum absolute atomic E-state index is 12.7. The molecule has 8 heteroatoms.